The summed E-state index contributed by atoms with van der Waals surface area (Å²) in [5, 5.41) is 25.8. The van der Waals surface area contributed by atoms with E-state index in [2.05, 4.69) is 33.8 Å². The zero-order chi connectivity index (χ0) is 30.6. The van der Waals surface area contributed by atoms with E-state index in [0.717, 1.165) is 117 Å². The summed E-state index contributed by atoms with van der Waals surface area (Å²) in [6, 6.07) is 0.701. The lowest BCUT2D eigenvalue weighted by molar-refractivity contribution is -0.235. The third-order valence-corrected chi connectivity index (χ3v) is 12.1. The Morgan fingerprint density at radius 1 is 1.02 bits per heavy atom. The maximum atomic E-state index is 11.2. The van der Waals surface area contributed by atoms with Gasteiger partial charge in [0.1, 0.15) is 11.2 Å². The van der Waals surface area contributed by atoms with Gasteiger partial charge in [-0.05, 0) is 85.2 Å². The van der Waals surface area contributed by atoms with Crippen LogP contribution >= 0.6 is 0 Å². The molecule has 6 aliphatic rings. The normalized spacial score (nSPS) is 33.4. The van der Waals surface area contributed by atoms with Gasteiger partial charge in [0, 0.05) is 37.2 Å². The number of aromatic nitrogens is 5. The molecule has 4 aliphatic heterocycles. The van der Waals surface area contributed by atoms with E-state index in [4.69, 9.17) is 34.2 Å². The second kappa shape index (κ2) is 10.1. The summed E-state index contributed by atoms with van der Waals surface area (Å²) in [6.45, 7) is 7.79. The highest BCUT2D eigenvalue weighted by Crippen LogP contribution is 2.57. The molecule has 4 fully saturated rings. The molecular formula is C33H46N8O4. The first kappa shape index (κ1) is 28.4. The van der Waals surface area contributed by atoms with Crippen molar-refractivity contribution in [2.45, 2.75) is 119 Å². The summed E-state index contributed by atoms with van der Waals surface area (Å²) < 4.78 is 21.4. The Bertz CT molecular complexity index is 1630. The number of nitrogens with one attached hydrogen (secondary N) is 1. The third kappa shape index (κ3) is 4.10. The molecule has 3 aromatic heterocycles. The van der Waals surface area contributed by atoms with Crippen LogP contribution < -0.4 is 10.2 Å². The lowest BCUT2D eigenvalue weighted by atomic mass is 9.61. The van der Waals surface area contributed by atoms with Crippen molar-refractivity contribution in [1.82, 2.24) is 29.8 Å². The van der Waals surface area contributed by atoms with Gasteiger partial charge in [-0.1, -0.05) is 11.6 Å². The van der Waals surface area contributed by atoms with Gasteiger partial charge < -0.3 is 34.2 Å². The van der Waals surface area contributed by atoms with Crippen molar-refractivity contribution < 1.29 is 19.1 Å². The quantitative estimate of drug-likeness (QED) is 0.439. The zero-order valence-electron chi connectivity index (χ0n) is 26.8. The predicted octanol–water partition coefficient (Wildman–Crippen LogP) is 4.17. The molecule has 7 heterocycles. The largest absolute Gasteiger partial charge is 0.388 e. The predicted molar refractivity (Wildman–Crippen MR) is 168 cm³/mol. The van der Waals surface area contributed by atoms with Gasteiger partial charge in [-0.3, -0.25) is 0 Å². The highest BCUT2D eigenvalue weighted by Gasteiger charge is 2.61. The molecule has 0 aromatic carbocycles. The highest BCUT2D eigenvalue weighted by atomic mass is 16.7. The van der Waals surface area contributed by atoms with Crippen LogP contribution in [0.15, 0.2) is 4.52 Å². The van der Waals surface area contributed by atoms with Gasteiger partial charge in [0.2, 0.25) is 0 Å². The molecule has 2 spiro atoms. The first-order chi connectivity index (χ1) is 21.8. The molecule has 0 radical (unpaired) electrons. The maximum Gasteiger partial charge on any atom is 0.186 e. The summed E-state index contributed by atoms with van der Waals surface area (Å²) in [7, 11) is 2.21. The van der Waals surface area contributed by atoms with Crippen molar-refractivity contribution in [1.29, 1.82) is 0 Å². The Balaban J connectivity index is 1.23. The van der Waals surface area contributed by atoms with Crippen LogP contribution in [0.4, 0.5) is 11.6 Å². The van der Waals surface area contributed by atoms with Gasteiger partial charge in [0.15, 0.2) is 34.5 Å². The summed E-state index contributed by atoms with van der Waals surface area (Å²) in [5.41, 5.74) is 1.49. The molecule has 2 N–H and O–H groups in total. The molecule has 9 rings (SSSR count). The number of likely N-dealkylation sites (N-methyl/N-ethyl adjacent to an activating group) is 1. The van der Waals surface area contributed by atoms with Crippen LogP contribution in [0, 0.1) is 0 Å². The minimum absolute atomic E-state index is 0.124. The van der Waals surface area contributed by atoms with E-state index >= 15 is 0 Å². The number of hydrogen-bond acceptors (Lipinski definition) is 11. The third-order valence-electron chi connectivity index (χ3n) is 12.1. The Labute approximate surface area is 263 Å². The number of ether oxygens (including phenoxy) is 2. The first-order valence-corrected chi connectivity index (χ1v) is 17.3. The molecule has 0 unspecified atom stereocenters. The number of piperidine rings is 1. The number of aliphatic hydroxyl groups is 1. The fraction of sp³-hybridized carbons (Fsp3) is 0.758. The Morgan fingerprint density at radius 2 is 1.84 bits per heavy atom. The van der Waals surface area contributed by atoms with E-state index in [-0.39, 0.29) is 17.5 Å². The SMILES string of the molecule is C[C@@H]([C@@H]1CCCN1C)n1nc2c3c(nc(-c4noc5c4CCC[C@@]54CCCCC45OCCO5)nc31)N1C[C@](C)(O)CC[C@@H]1CN2. The van der Waals surface area contributed by atoms with Crippen LogP contribution in [0.2, 0.25) is 0 Å². The standard InChI is InChI=1S/C33H46N8O4/c1-20(23-9-7-15-39(23)3)41-30-24-27(37-41)34-18-21-10-14-31(2,42)19-40(21)29(24)35-28(36-30)25-22-8-6-12-32(26(22)45-38-25)11-4-5-13-33(32)43-16-17-44-33/h20-21,23,42H,4-19H2,1-3H3,(H,34,37)/t20-,21+,23-,31+,32-/m0/s1. The minimum atomic E-state index is -0.801. The topological polar surface area (TPSA) is 127 Å². The van der Waals surface area contributed by atoms with Crippen molar-refractivity contribution in [3.8, 4) is 11.5 Å². The fourth-order valence-corrected chi connectivity index (χ4v) is 9.80. The summed E-state index contributed by atoms with van der Waals surface area (Å²) in [4.78, 5) is 15.4. The number of rotatable bonds is 3. The van der Waals surface area contributed by atoms with Crippen LogP contribution in [0.5, 0.6) is 0 Å². The summed E-state index contributed by atoms with van der Waals surface area (Å²) in [5.74, 6) is 2.50. The van der Waals surface area contributed by atoms with Gasteiger partial charge in [0.05, 0.1) is 30.3 Å². The van der Waals surface area contributed by atoms with Gasteiger partial charge in [0.25, 0.3) is 0 Å². The first-order valence-electron chi connectivity index (χ1n) is 17.3. The Kier molecular flexibility index (Phi) is 6.38. The molecule has 45 heavy (non-hydrogen) atoms. The molecule has 2 aliphatic carbocycles. The highest BCUT2D eigenvalue weighted by molar-refractivity contribution is 5.99. The molecule has 0 amide bonds. The van der Waals surface area contributed by atoms with Crippen molar-refractivity contribution in [3.05, 3.63) is 11.3 Å². The Morgan fingerprint density at radius 3 is 2.67 bits per heavy atom. The maximum absolute atomic E-state index is 11.2. The lowest BCUT2D eigenvalue weighted by Gasteiger charge is -2.50. The van der Waals surface area contributed by atoms with Crippen LogP contribution in [-0.2, 0) is 21.3 Å². The van der Waals surface area contributed by atoms with Gasteiger partial charge in [-0.15, -0.1) is 0 Å². The molecule has 0 bridgehead atoms. The van der Waals surface area contributed by atoms with Crippen molar-refractivity contribution >= 4 is 22.7 Å². The average Bonchev–Trinajstić information content (AvgIpc) is 3.83. The number of likely N-dealkylation sites (tertiary alicyclic amines) is 1. The minimum Gasteiger partial charge on any atom is -0.388 e. The Hall–Kier alpha value is -2.80. The number of nitrogens with zero attached hydrogens (tertiary/aromatic N) is 7. The zero-order valence-corrected chi connectivity index (χ0v) is 26.8. The van der Waals surface area contributed by atoms with Crippen LogP contribution in [0.1, 0.15) is 95.4 Å². The number of fused-ring (bicyclic) bond motifs is 5. The second-order valence-corrected chi connectivity index (χ2v) is 14.9. The molecular weight excluding hydrogens is 572 g/mol. The van der Waals surface area contributed by atoms with Gasteiger partial charge in [-0.2, -0.15) is 5.10 Å². The van der Waals surface area contributed by atoms with Gasteiger partial charge >= 0.3 is 0 Å². The van der Waals surface area contributed by atoms with Crippen molar-refractivity contribution in [3.63, 3.8) is 0 Å². The van der Waals surface area contributed by atoms with E-state index < -0.39 is 11.4 Å². The molecule has 12 heteroatoms. The number of hydrogen-bond donors (Lipinski definition) is 2. The fourth-order valence-electron chi connectivity index (χ4n) is 9.80. The van der Waals surface area contributed by atoms with Crippen molar-refractivity contribution in [2.75, 3.05) is 50.1 Å². The van der Waals surface area contributed by atoms with E-state index in [0.29, 0.717) is 31.6 Å². The van der Waals surface area contributed by atoms with E-state index in [1.54, 1.807) is 0 Å². The second-order valence-electron chi connectivity index (χ2n) is 14.9. The van der Waals surface area contributed by atoms with E-state index in [1.165, 1.54) is 6.42 Å². The molecule has 12 nitrogen and oxygen atoms in total. The summed E-state index contributed by atoms with van der Waals surface area (Å²) >= 11 is 0. The smallest absolute Gasteiger partial charge is 0.186 e. The van der Waals surface area contributed by atoms with Crippen LogP contribution in [-0.4, -0.2) is 98.3 Å². The molecule has 242 valence electrons. The lowest BCUT2D eigenvalue weighted by Crippen LogP contribution is -2.56. The molecule has 3 aromatic rings. The number of anilines is 2. The van der Waals surface area contributed by atoms with Crippen molar-refractivity contribution in [2.24, 2.45) is 0 Å². The van der Waals surface area contributed by atoms with Crippen LogP contribution in [0.3, 0.4) is 0 Å². The average molecular weight is 619 g/mol. The van der Waals surface area contributed by atoms with Crippen LogP contribution in [0.25, 0.3) is 22.6 Å². The van der Waals surface area contributed by atoms with E-state index in [9.17, 15) is 5.11 Å². The monoisotopic (exact) mass is 618 g/mol. The molecule has 1 saturated carbocycles. The van der Waals surface area contributed by atoms with E-state index in [1.807, 2.05) is 6.92 Å². The molecule has 5 atom stereocenters. The van der Waals surface area contributed by atoms with Gasteiger partial charge in [-0.25, -0.2) is 14.6 Å². The molecule has 3 saturated heterocycles. The summed E-state index contributed by atoms with van der Waals surface area (Å²) in [6.07, 6.45) is 10.9.